The van der Waals surface area contributed by atoms with Crippen LogP contribution in [-0.2, 0) is 21.7 Å². The zero-order valence-electron chi connectivity index (χ0n) is 40.8. The Morgan fingerprint density at radius 2 is 0.971 bits per heavy atom. The van der Waals surface area contributed by atoms with Crippen LogP contribution in [0.1, 0.15) is 103 Å². The third-order valence-corrected chi connectivity index (χ3v) is 17.0. The minimum Gasteiger partial charge on any atom is -0.454 e. The molecule has 8 aromatic carbocycles. The van der Waals surface area contributed by atoms with Crippen LogP contribution in [0.25, 0.3) is 55.3 Å². The molecular formula is C64H59BN2O. The summed E-state index contributed by atoms with van der Waals surface area (Å²) in [6, 6.07) is 62.0. The Labute approximate surface area is 402 Å². The van der Waals surface area contributed by atoms with Crippen LogP contribution in [0, 0.1) is 0 Å². The lowest BCUT2D eigenvalue weighted by molar-refractivity contribution is 0.332. The Balaban J connectivity index is 1.18. The van der Waals surface area contributed by atoms with E-state index in [2.05, 4.69) is 229 Å². The fourth-order valence-corrected chi connectivity index (χ4v) is 12.8. The standard InChI is InChI=1S/C64H59BN2O/c1-61(2)31-32-62(3,4)51-36-45(28-29-50(51)61)66-56-39-53-52(63(5,6)33-34-64(53,7)8)38-54(56)65-58-48(37-49-46-21-15-16-22-57(46)68-60(49)59(58)66)47-35-43(41-19-13-10-14-20-41)25-30-55(47)67(65)44-26-23-42(24-27-44)40-17-11-9-12-18-40/h9-30,35-39H,31-34H2,1-8H3. The number of hydrogen-bond acceptors (Lipinski definition) is 3. The molecule has 3 heterocycles. The summed E-state index contributed by atoms with van der Waals surface area (Å²) in [5, 5.41) is 2.29. The van der Waals surface area contributed by atoms with E-state index in [1.165, 1.54) is 95.7 Å². The summed E-state index contributed by atoms with van der Waals surface area (Å²) in [6.07, 6.45) is 4.62. The second-order valence-electron chi connectivity index (χ2n) is 23.0. The van der Waals surface area contributed by atoms with Crippen LogP contribution in [0.4, 0.5) is 28.4 Å². The number of anilines is 5. The summed E-state index contributed by atoms with van der Waals surface area (Å²) in [6.45, 7) is 19.5. The van der Waals surface area contributed by atoms with E-state index < -0.39 is 0 Å². The summed E-state index contributed by atoms with van der Waals surface area (Å²) in [7, 11) is 0. The smallest absolute Gasteiger partial charge is 0.333 e. The van der Waals surface area contributed by atoms with Crippen molar-refractivity contribution in [3.05, 3.63) is 186 Å². The predicted octanol–water partition coefficient (Wildman–Crippen LogP) is 16.3. The Hall–Kier alpha value is -6.78. The Morgan fingerprint density at radius 3 is 1.65 bits per heavy atom. The molecule has 68 heavy (non-hydrogen) atoms. The molecule has 4 heteroatoms. The van der Waals surface area contributed by atoms with Gasteiger partial charge in [0.2, 0.25) is 0 Å². The zero-order valence-corrected chi connectivity index (χ0v) is 40.8. The lowest BCUT2D eigenvalue weighted by Crippen LogP contribution is -2.62. The van der Waals surface area contributed by atoms with Crippen molar-refractivity contribution >= 4 is 68.1 Å². The van der Waals surface area contributed by atoms with Crippen molar-refractivity contribution < 1.29 is 4.42 Å². The van der Waals surface area contributed by atoms with Gasteiger partial charge in [0.25, 0.3) is 0 Å². The average molecular weight is 883 g/mol. The van der Waals surface area contributed by atoms with Gasteiger partial charge in [-0.05, 0) is 163 Å². The number of para-hydroxylation sites is 1. The van der Waals surface area contributed by atoms with Gasteiger partial charge in [0.15, 0.2) is 5.58 Å². The monoisotopic (exact) mass is 882 g/mol. The third-order valence-electron chi connectivity index (χ3n) is 17.0. The van der Waals surface area contributed by atoms with Crippen LogP contribution in [-0.4, -0.2) is 6.85 Å². The van der Waals surface area contributed by atoms with E-state index in [0.29, 0.717) is 0 Å². The molecule has 3 nitrogen and oxygen atoms in total. The molecule has 1 aromatic heterocycles. The van der Waals surface area contributed by atoms with Crippen molar-refractivity contribution in [3.8, 4) is 33.4 Å². The molecule has 0 spiro atoms. The molecule has 0 unspecified atom stereocenters. The highest BCUT2D eigenvalue weighted by molar-refractivity contribution is 6.94. The molecular weight excluding hydrogens is 824 g/mol. The topological polar surface area (TPSA) is 19.6 Å². The molecule has 0 amide bonds. The van der Waals surface area contributed by atoms with Gasteiger partial charge in [-0.15, -0.1) is 0 Å². The van der Waals surface area contributed by atoms with E-state index in [-0.39, 0.29) is 28.5 Å². The summed E-state index contributed by atoms with van der Waals surface area (Å²) in [5.41, 5.74) is 23.8. The van der Waals surface area contributed by atoms with Gasteiger partial charge in [0, 0.05) is 39.1 Å². The van der Waals surface area contributed by atoms with Crippen LogP contribution < -0.4 is 20.6 Å². The molecule has 0 atom stereocenters. The molecule has 2 aliphatic carbocycles. The van der Waals surface area contributed by atoms with E-state index in [9.17, 15) is 0 Å². The minimum absolute atomic E-state index is 0.00416. The number of nitrogens with zero attached hydrogens (tertiary/aromatic N) is 2. The molecule has 0 N–H and O–H groups in total. The summed E-state index contributed by atoms with van der Waals surface area (Å²) in [4.78, 5) is 5.31. The highest BCUT2D eigenvalue weighted by Gasteiger charge is 2.49. The van der Waals surface area contributed by atoms with Crippen molar-refractivity contribution in [1.29, 1.82) is 0 Å². The first kappa shape index (κ1) is 41.4. The number of hydrogen-bond donors (Lipinski definition) is 0. The van der Waals surface area contributed by atoms with Crippen molar-refractivity contribution in [2.75, 3.05) is 9.71 Å². The fourth-order valence-electron chi connectivity index (χ4n) is 12.8. The van der Waals surface area contributed by atoms with Gasteiger partial charge in [0.05, 0.1) is 5.69 Å². The normalized spacial score (nSPS) is 17.9. The van der Waals surface area contributed by atoms with Crippen LogP contribution in [0.5, 0.6) is 0 Å². The maximum atomic E-state index is 7.29. The summed E-state index contributed by atoms with van der Waals surface area (Å²) in [5.74, 6) is 0. The summed E-state index contributed by atoms with van der Waals surface area (Å²) < 4.78 is 7.29. The van der Waals surface area contributed by atoms with Gasteiger partial charge >= 0.3 is 6.85 Å². The van der Waals surface area contributed by atoms with Crippen molar-refractivity contribution in [1.82, 2.24) is 0 Å². The van der Waals surface area contributed by atoms with Gasteiger partial charge < -0.3 is 14.1 Å². The fraction of sp³-hybridized carbons (Fsp3) is 0.250. The first-order valence-electron chi connectivity index (χ1n) is 25.0. The third kappa shape index (κ3) is 6.05. The van der Waals surface area contributed by atoms with E-state index >= 15 is 0 Å². The lowest BCUT2D eigenvalue weighted by atomic mass is 9.42. The Kier molecular flexibility index (Phi) is 8.75. The van der Waals surface area contributed by atoms with E-state index in [1.807, 2.05) is 0 Å². The molecule has 0 fully saturated rings. The average Bonchev–Trinajstić information content (AvgIpc) is 3.73. The van der Waals surface area contributed by atoms with Crippen LogP contribution >= 0.6 is 0 Å². The SMILES string of the molecule is CC1(C)CCC(C)(C)c2cc(N3c4cc5c(cc4B4c6c(cc7c(oc8ccccc87)c63)-c3cc(-c6ccccc6)ccc3N4c3ccc(-c4ccccc4)cc3)C(C)(C)CCC5(C)C)ccc21. The summed E-state index contributed by atoms with van der Waals surface area (Å²) >= 11 is 0. The minimum atomic E-state index is -0.152. The van der Waals surface area contributed by atoms with Gasteiger partial charge in [-0.3, -0.25) is 0 Å². The first-order valence-corrected chi connectivity index (χ1v) is 25.0. The quantitative estimate of drug-likeness (QED) is 0.164. The van der Waals surface area contributed by atoms with E-state index in [1.54, 1.807) is 0 Å². The largest absolute Gasteiger partial charge is 0.454 e. The zero-order chi connectivity index (χ0) is 46.5. The van der Waals surface area contributed by atoms with Crippen LogP contribution in [0.3, 0.4) is 0 Å². The van der Waals surface area contributed by atoms with Gasteiger partial charge in [-0.2, -0.15) is 0 Å². The maximum Gasteiger partial charge on any atom is 0.333 e. The first-order chi connectivity index (χ1) is 32.7. The van der Waals surface area contributed by atoms with Gasteiger partial charge in [-0.25, -0.2) is 0 Å². The molecule has 9 aromatic rings. The number of fused-ring (bicyclic) bond motifs is 10. The molecule has 2 aliphatic heterocycles. The predicted molar refractivity (Wildman–Crippen MR) is 289 cm³/mol. The molecule has 0 bridgehead atoms. The molecule has 0 radical (unpaired) electrons. The van der Waals surface area contributed by atoms with Crippen LogP contribution in [0.15, 0.2) is 168 Å². The highest BCUT2D eigenvalue weighted by Crippen LogP contribution is 2.55. The Bertz CT molecular complexity index is 3520. The maximum absolute atomic E-state index is 7.29. The second kappa shape index (κ2) is 14.4. The van der Waals surface area contributed by atoms with Crippen molar-refractivity contribution in [2.45, 2.75) is 103 Å². The molecule has 0 saturated carbocycles. The second-order valence-corrected chi connectivity index (χ2v) is 23.0. The molecule has 334 valence electrons. The lowest BCUT2D eigenvalue weighted by Gasteiger charge is -2.48. The Morgan fingerprint density at radius 1 is 0.426 bits per heavy atom. The van der Waals surface area contributed by atoms with Crippen LogP contribution in [0.2, 0.25) is 0 Å². The number of benzene rings is 8. The number of rotatable bonds is 4. The number of furan rings is 1. The highest BCUT2D eigenvalue weighted by atomic mass is 16.3. The molecule has 13 rings (SSSR count). The van der Waals surface area contributed by atoms with Gasteiger partial charge in [-0.1, -0.05) is 165 Å². The van der Waals surface area contributed by atoms with Crippen molar-refractivity contribution in [3.63, 3.8) is 0 Å². The molecule has 0 saturated heterocycles. The van der Waals surface area contributed by atoms with Crippen molar-refractivity contribution in [2.24, 2.45) is 0 Å². The van der Waals surface area contributed by atoms with E-state index in [4.69, 9.17) is 4.42 Å². The van der Waals surface area contributed by atoms with Gasteiger partial charge in [0.1, 0.15) is 5.58 Å². The molecule has 4 aliphatic rings. The van der Waals surface area contributed by atoms with E-state index in [0.717, 1.165) is 46.9 Å².